The topological polar surface area (TPSA) is 88.6 Å². The molecule has 1 aromatic heterocycles. The molecule has 4 aromatic rings. The summed E-state index contributed by atoms with van der Waals surface area (Å²) in [4.78, 5) is 20.0. The Morgan fingerprint density at radius 1 is 1.03 bits per heavy atom. The molecule has 0 spiro atoms. The number of thiazole rings is 1. The molecule has 1 atom stereocenters. The summed E-state index contributed by atoms with van der Waals surface area (Å²) in [5, 5.41) is 0.621. The Hall–Kier alpha value is -3.27. The minimum absolute atomic E-state index is 0.0343. The number of rotatable bonds is 7. The Kier molecular flexibility index (Phi) is 6.32. The molecule has 1 N–H and O–H groups in total. The van der Waals surface area contributed by atoms with Gasteiger partial charge in [-0.1, -0.05) is 41.7 Å². The summed E-state index contributed by atoms with van der Waals surface area (Å²) in [6.45, 7) is 1.11. The predicted molar refractivity (Wildman–Crippen MR) is 134 cm³/mol. The molecule has 1 unspecified atom stereocenters. The number of anilines is 2. The number of benzene rings is 3. The number of fused-ring (bicyclic) bond motifs is 1. The number of amides is 1. The van der Waals surface area contributed by atoms with E-state index in [1.807, 2.05) is 24.3 Å². The minimum Gasteiger partial charge on any atom is -0.376 e. The van der Waals surface area contributed by atoms with Crippen LogP contribution in [0.3, 0.4) is 0 Å². The zero-order valence-electron chi connectivity index (χ0n) is 18.3. The average molecular weight is 494 g/mol. The monoisotopic (exact) mass is 493 g/mol. The summed E-state index contributed by atoms with van der Waals surface area (Å²) >= 11 is 1.47. The number of aromatic nitrogens is 1. The van der Waals surface area contributed by atoms with E-state index in [-0.39, 0.29) is 16.9 Å². The van der Waals surface area contributed by atoms with Crippen molar-refractivity contribution in [2.45, 2.75) is 23.8 Å². The Labute approximate surface area is 202 Å². The predicted octanol–water partition coefficient (Wildman–Crippen LogP) is 4.92. The molecule has 174 valence electrons. The van der Waals surface area contributed by atoms with Crippen molar-refractivity contribution in [2.24, 2.45) is 0 Å². The van der Waals surface area contributed by atoms with Gasteiger partial charge in [-0.05, 0) is 61.4 Å². The molecule has 7 nitrogen and oxygen atoms in total. The van der Waals surface area contributed by atoms with Crippen LogP contribution in [-0.2, 0) is 14.8 Å². The second-order valence-electron chi connectivity index (χ2n) is 8.01. The van der Waals surface area contributed by atoms with Crippen molar-refractivity contribution in [1.29, 1.82) is 0 Å². The Morgan fingerprint density at radius 2 is 1.76 bits per heavy atom. The van der Waals surface area contributed by atoms with Gasteiger partial charge in [0.05, 0.1) is 27.8 Å². The number of carbonyl (C=O) groups is 1. The van der Waals surface area contributed by atoms with Crippen molar-refractivity contribution in [1.82, 2.24) is 4.98 Å². The van der Waals surface area contributed by atoms with Crippen LogP contribution in [-0.4, -0.2) is 38.6 Å². The standard InChI is InChI=1S/C25H23N3O4S2/c29-24(18-12-14-19(15-13-18)27-34(30,31)21-8-2-1-3-9-21)28(17-20-7-6-16-32-20)25-26-22-10-4-5-11-23(22)33-25/h1-5,8-15,20,27H,6-7,16-17H2. The number of carbonyl (C=O) groups excluding carboxylic acids is 1. The molecule has 1 fully saturated rings. The molecule has 3 aromatic carbocycles. The van der Waals surface area contributed by atoms with Gasteiger partial charge >= 0.3 is 0 Å². The van der Waals surface area contributed by atoms with Gasteiger partial charge in [-0.3, -0.25) is 14.4 Å². The lowest BCUT2D eigenvalue weighted by molar-refractivity contribution is 0.0917. The van der Waals surface area contributed by atoms with Crippen molar-refractivity contribution in [2.75, 3.05) is 22.8 Å². The molecule has 0 saturated carbocycles. The first kappa shape index (κ1) is 22.5. The van der Waals surface area contributed by atoms with Crippen molar-refractivity contribution >= 4 is 48.3 Å². The third-order valence-electron chi connectivity index (χ3n) is 5.61. The lowest BCUT2D eigenvalue weighted by Crippen LogP contribution is -2.37. The van der Waals surface area contributed by atoms with Gasteiger partial charge in [0, 0.05) is 17.9 Å². The Bertz CT molecular complexity index is 1360. The van der Waals surface area contributed by atoms with E-state index in [4.69, 9.17) is 4.74 Å². The maximum atomic E-state index is 13.5. The highest BCUT2D eigenvalue weighted by molar-refractivity contribution is 7.92. The van der Waals surface area contributed by atoms with Gasteiger partial charge in [0.25, 0.3) is 15.9 Å². The summed E-state index contributed by atoms with van der Waals surface area (Å²) in [6.07, 6.45) is 1.84. The van der Waals surface area contributed by atoms with Crippen LogP contribution < -0.4 is 9.62 Å². The molecule has 1 amide bonds. The highest BCUT2D eigenvalue weighted by Gasteiger charge is 2.27. The Morgan fingerprint density at radius 3 is 2.47 bits per heavy atom. The smallest absolute Gasteiger partial charge is 0.261 e. The van der Waals surface area contributed by atoms with E-state index in [0.717, 1.165) is 23.1 Å². The van der Waals surface area contributed by atoms with Crippen LogP contribution >= 0.6 is 11.3 Å². The van der Waals surface area contributed by atoms with E-state index < -0.39 is 10.0 Å². The fraction of sp³-hybridized carbons (Fsp3) is 0.200. The molecule has 1 aliphatic rings. The molecular formula is C25H23N3O4S2. The number of sulfonamides is 1. The van der Waals surface area contributed by atoms with Gasteiger partial charge in [-0.15, -0.1) is 0 Å². The van der Waals surface area contributed by atoms with Gasteiger partial charge in [0.2, 0.25) is 0 Å². The first-order valence-electron chi connectivity index (χ1n) is 11.0. The highest BCUT2D eigenvalue weighted by atomic mass is 32.2. The molecule has 0 radical (unpaired) electrons. The molecule has 1 saturated heterocycles. The second-order valence-corrected chi connectivity index (χ2v) is 10.7. The fourth-order valence-corrected chi connectivity index (χ4v) is 5.92. The number of nitrogens with one attached hydrogen (secondary N) is 1. The largest absolute Gasteiger partial charge is 0.376 e. The Balaban J connectivity index is 1.39. The highest BCUT2D eigenvalue weighted by Crippen LogP contribution is 2.31. The van der Waals surface area contributed by atoms with E-state index in [1.54, 1.807) is 47.4 Å². The minimum atomic E-state index is -3.71. The molecule has 0 bridgehead atoms. The summed E-state index contributed by atoms with van der Waals surface area (Å²) < 4.78 is 34.5. The number of ether oxygens (including phenoxy) is 1. The second kappa shape index (κ2) is 9.54. The lowest BCUT2D eigenvalue weighted by Gasteiger charge is -2.23. The van der Waals surface area contributed by atoms with Crippen molar-refractivity contribution in [3.8, 4) is 0 Å². The van der Waals surface area contributed by atoms with Crippen molar-refractivity contribution < 1.29 is 17.9 Å². The summed E-state index contributed by atoms with van der Waals surface area (Å²) in [6, 6.07) is 22.4. The molecule has 5 rings (SSSR count). The van der Waals surface area contributed by atoms with E-state index in [0.29, 0.717) is 29.5 Å². The van der Waals surface area contributed by atoms with Gasteiger partial charge in [0.1, 0.15) is 0 Å². The number of para-hydroxylation sites is 1. The first-order chi connectivity index (χ1) is 16.5. The van der Waals surface area contributed by atoms with Crippen LogP contribution in [0.4, 0.5) is 10.8 Å². The maximum Gasteiger partial charge on any atom is 0.261 e. The van der Waals surface area contributed by atoms with Crippen LogP contribution in [0.1, 0.15) is 23.2 Å². The van der Waals surface area contributed by atoms with Crippen LogP contribution in [0.5, 0.6) is 0 Å². The summed E-state index contributed by atoms with van der Waals surface area (Å²) in [7, 11) is -3.71. The third kappa shape index (κ3) is 4.82. The zero-order valence-corrected chi connectivity index (χ0v) is 19.9. The van der Waals surface area contributed by atoms with Gasteiger partial charge < -0.3 is 4.74 Å². The molecular weight excluding hydrogens is 470 g/mol. The molecule has 2 heterocycles. The quantitative estimate of drug-likeness (QED) is 0.395. The van der Waals surface area contributed by atoms with Gasteiger partial charge in [-0.25, -0.2) is 13.4 Å². The van der Waals surface area contributed by atoms with Crippen LogP contribution in [0, 0.1) is 0 Å². The fourth-order valence-electron chi connectivity index (χ4n) is 3.87. The van der Waals surface area contributed by atoms with Gasteiger partial charge in [-0.2, -0.15) is 0 Å². The molecule has 34 heavy (non-hydrogen) atoms. The summed E-state index contributed by atoms with van der Waals surface area (Å²) in [5.41, 5.74) is 1.67. The number of nitrogens with zero attached hydrogens (tertiary/aromatic N) is 2. The van der Waals surface area contributed by atoms with Crippen LogP contribution in [0.15, 0.2) is 83.8 Å². The summed E-state index contributed by atoms with van der Waals surface area (Å²) in [5.74, 6) is -0.202. The van der Waals surface area contributed by atoms with E-state index in [2.05, 4.69) is 9.71 Å². The van der Waals surface area contributed by atoms with Gasteiger partial charge in [0.15, 0.2) is 5.13 Å². The van der Waals surface area contributed by atoms with E-state index in [9.17, 15) is 13.2 Å². The third-order valence-corrected chi connectivity index (χ3v) is 8.06. The van der Waals surface area contributed by atoms with E-state index >= 15 is 0 Å². The SMILES string of the molecule is O=C(c1ccc(NS(=O)(=O)c2ccccc2)cc1)N(CC1CCCO1)c1nc2ccccc2s1. The molecule has 1 aliphatic heterocycles. The maximum absolute atomic E-state index is 13.5. The average Bonchev–Trinajstić information content (AvgIpc) is 3.52. The first-order valence-corrected chi connectivity index (χ1v) is 13.3. The zero-order chi connectivity index (χ0) is 23.5. The van der Waals surface area contributed by atoms with Crippen molar-refractivity contribution in [3.63, 3.8) is 0 Å². The number of hydrogen-bond donors (Lipinski definition) is 1. The molecule has 9 heteroatoms. The van der Waals surface area contributed by atoms with Crippen molar-refractivity contribution in [3.05, 3.63) is 84.4 Å². The lowest BCUT2D eigenvalue weighted by atomic mass is 10.1. The molecule has 0 aliphatic carbocycles. The van der Waals surface area contributed by atoms with Crippen LogP contribution in [0.2, 0.25) is 0 Å². The number of hydrogen-bond acceptors (Lipinski definition) is 6. The normalized spacial score (nSPS) is 15.9. The van der Waals surface area contributed by atoms with Crippen LogP contribution in [0.25, 0.3) is 10.2 Å². The van der Waals surface area contributed by atoms with E-state index in [1.165, 1.54) is 23.5 Å².